The van der Waals surface area contributed by atoms with E-state index in [2.05, 4.69) is 14.5 Å². The number of rotatable bonds is 2. The van der Waals surface area contributed by atoms with Crippen molar-refractivity contribution < 1.29 is 22.6 Å². The Morgan fingerprint density at radius 1 is 1.40 bits per heavy atom. The summed E-state index contributed by atoms with van der Waals surface area (Å²) in [6.07, 6.45) is -4.85. The standard InChI is InChI=1S/C8H5F3N2O2/c1-14-7-3-2-6(5(4-12)13-7)15-8(9,10)11/h2-3H,1H3. The first kappa shape index (κ1) is 11.1. The normalized spacial score (nSPS) is 10.6. The van der Waals surface area contributed by atoms with Gasteiger partial charge in [0.15, 0.2) is 11.4 Å². The van der Waals surface area contributed by atoms with E-state index in [0.29, 0.717) is 0 Å². The van der Waals surface area contributed by atoms with Gasteiger partial charge in [0.05, 0.1) is 7.11 Å². The lowest BCUT2D eigenvalue weighted by Crippen LogP contribution is -2.18. The molecule has 0 saturated carbocycles. The quantitative estimate of drug-likeness (QED) is 0.760. The van der Waals surface area contributed by atoms with Crippen LogP contribution in [0.1, 0.15) is 5.69 Å². The van der Waals surface area contributed by atoms with Crippen LogP contribution in [0.25, 0.3) is 0 Å². The number of ether oxygens (including phenoxy) is 2. The lowest BCUT2D eigenvalue weighted by molar-refractivity contribution is -0.274. The Morgan fingerprint density at radius 3 is 2.53 bits per heavy atom. The maximum Gasteiger partial charge on any atom is 0.573 e. The van der Waals surface area contributed by atoms with E-state index in [1.165, 1.54) is 19.2 Å². The lowest BCUT2D eigenvalue weighted by Gasteiger charge is -2.09. The van der Waals surface area contributed by atoms with Crippen molar-refractivity contribution in [2.75, 3.05) is 7.11 Å². The van der Waals surface area contributed by atoms with Gasteiger partial charge in [0.2, 0.25) is 5.88 Å². The van der Waals surface area contributed by atoms with Gasteiger partial charge in [0.25, 0.3) is 0 Å². The SMILES string of the molecule is COc1ccc(OC(F)(F)F)c(C#N)n1. The molecule has 0 aliphatic rings. The van der Waals surface area contributed by atoms with Crippen molar-refractivity contribution >= 4 is 0 Å². The van der Waals surface area contributed by atoms with E-state index in [1.54, 1.807) is 0 Å². The van der Waals surface area contributed by atoms with Crippen LogP contribution in [-0.4, -0.2) is 18.5 Å². The van der Waals surface area contributed by atoms with Crippen LogP contribution in [0.4, 0.5) is 13.2 Å². The van der Waals surface area contributed by atoms with Crippen molar-refractivity contribution in [3.63, 3.8) is 0 Å². The van der Waals surface area contributed by atoms with Crippen LogP contribution < -0.4 is 9.47 Å². The molecule has 1 aromatic heterocycles. The number of hydrogen-bond donors (Lipinski definition) is 0. The molecular weight excluding hydrogens is 213 g/mol. The third kappa shape index (κ3) is 3.02. The van der Waals surface area contributed by atoms with Crippen molar-refractivity contribution in [1.29, 1.82) is 5.26 Å². The molecule has 0 unspecified atom stereocenters. The molecule has 1 aromatic rings. The molecular formula is C8H5F3N2O2. The van der Waals surface area contributed by atoms with Crippen LogP contribution in [0.2, 0.25) is 0 Å². The molecule has 0 radical (unpaired) electrons. The molecule has 0 aliphatic carbocycles. The Kier molecular flexibility index (Phi) is 2.99. The van der Waals surface area contributed by atoms with E-state index in [1.807, 2.05) is 0 Å². The lowest BCUT2D eigenvalue weighted by atomic mass is 10.3. The molecule has 0 aliphatic heterocycles. The number of nitrogens with zero attached hydrogens (tertiary/aromatic N) is 2. The average Bonchev–Trinajstić information content (AvgIpc) is 2.16. The van der Waals surface area contributed by atoms with E-state index < -0.39 is 17.8 Å². The zero-order valence-corrected chi connectivity index (χ0v) is 7.50. The van der Waals surface area contributed by atoms with Crippen molar-refractivity contribution in [3.8, 4) is 17.7 Å². The number of nitriles is 1. The second kappa shape index (κ2) is 4.04. The van der Waals surface area contributed by atoms with Gasteiger partial charge in [-0.25, -0.2) is 0 Å². The van der Waals surface area contributed by atoms with Crippen molar-refractivity contribution in [2.24, 2.45) is 0 Å². The van der Waals surface area contributed by atoms with E-state index in [-0.39, 0.29) is 5.88 Å². The van der Waals surface area contributed by atoms with Gasteiger partial charge < -0.3 is 9.47 Å². The van der Waals surface area contributed by atoms with Gasteiger partial charge in [-0.15, -0.1) is 13.2 Å². The van der Waals surface area contributed by atoms with E-state index in [4.69, 9.17) is 5.26 Å². The smallest absolute Gasteiger partial charge is 0.481 e. The summed E-state index contributed by atoms with van der Waals surface area (Å²) < 4.78 is 43.8. The average molecular weight is 218 g/mol. The zero-order valence-electron chi connectivity index (χ0n) is 7.50. The Bertz CT molecular complexity index is 398. The van der Waals surface area contributed by atoms with Gasteiger partial charge in [-0.2, -0.15) is 10.2 Å². The van der Waals surface area contributed by atoms with Crippen LogP contribution in [0.15, 0.2) is 12.1 Å². The molecule has 0 atom stereocenters. The maximum absolute atomic E-state index is 11.8. The third-order valence-corrected chi connectivity index (χ3v) is 1.37. The molecule has 4 nitrogen and oxygen atoms in total. The van der Waals surface area contributed by atoms with Gasteiger partial charge in [-0.3, -0.25) is 0 Å². The molecule has 80 valence electrons. The topological polar surface area (TPSA) is 55.1 Å². The Morgan fingerprint density at radius 2 is 2.07 bits per heavy atom. The van der Waals surface area contributed by atoms with Crippen molar-refractivity contribution in [2.45, 2.75) is 6.36 Å². The first-order valence-electron chi connectivity index (χ1n) is 3.67. The molecule has 1 heterocycles. The fourth-order valence-electron chi connectivity index (χ4n) is 0.829. The number of halogens is 3. The van der Waals surface area contributed by atoms with Gasteiger partial charge >= 0.3 is 6.36 Å². The number of methoxy groups -OCH3 is 1. The van der Waals surface area contributed by atoms with E-state index in [9.17, 15) is 13.2 Å². The number of aromatic nitrogens is 1. The third-order valence-electron chi connectivity index (χ3n) is 1.37. The fraction of sp³-hybridized carbons (Fsp3) is 0.250. The predicted molar refractivity (Wildman–Crippen MR) is 42.2 cm³/mol. The summed E-state index contributed by atoms with van der Waals surface area (Å²) in [5, 5.41) is 8.52. The Labute approximate surface area is 82.9 Å². The molecule has 0 aromatic carbocycles. The molecule has 0 fully saturated rings. The molecule has 15 heavy (non-hydrogen) atoms. The molecule has 0 saturated heterocycles. The largest absolute Gasteiger partial charge is 0.573 e. The number of hydrogen-bond acceptors (Lipinski definition) is 4. The van der Waals surface area contributed by atoms with Crippen molar-refractivity contribution in [3.05, 3.63) is 17.8 Å². The van der Waals surface area contributed by atoms with Crippen LogP contribution in [0, 0.1) is 11.3 Å². The van der Waals surface area contributed by atoms with Crippen LogP contribution in [0.5, 0.6) is 11.6 Å². The van der Waals surface area contributed by atoms with Crippen LogP contribution in [-0.2, 0) is 0 Å². The second-order valence-electron chi connectivity index (χ2n) is 2.36. The highest BCUT2D eigenvalue weighted by atomic mass is 19.4. The maximum atomic E-state index is 11.8. The predicted octanol–water partition coefficient (Wildman–Crippen LogP) is 1.86. The minimum Gasteiger partial charge on any atom is -0.481 e. The fourth-order valence-corrected chi connectivity index (χ4v) is 0.829. The summed E-state index contributed by atoms with van der Waals surface area (Å²) in [7, 11) is 1.29. The molecule has 7 heteroatoms. The molecule has 0 amide bonds. The Hall–Kier alpha value is -1.97. The minimum atomic E-state index is -4.85. The highest BCUT2D eigenvalue weighted by Gasteiger charge is 2.32. The molecule has 1 rings (SSSR count). The second-order valence-corrected chi connectivity index (χ2v) is 2.36. The first-order valence-corrected chi connectivity index (χ1v) is 3.67. The molecule has 0 N–H and O–H groups in total. The highest BCUT2D eigenvalue weighted by Crippen LogP contribution is 2.26. The number of alkyl halides is 3. The monoisotopic (exact) mass is 218 g/mol. The van der Waals surface area contributed by atoms with E-state index in [0.717, 1.165) is 6.07 Å². The van der Waals surface area contributed by atoms with Gasteiger partial charge in [-0.05, 0) is 6.07 Å². The summed E-state index contributed by atoms with van der Waals surface area (Å²) >= 11 is 0. The molecule has 0 bridgehead atoms. The summed E-state index contributed by atoms with van der Waals surface area (Å²) in [6.45, 7) is 0. The van der Waals surface area contributed by atoms with Gasteiger partial charge in [-0.1, -0.05) is 0 Å². The highest BCUT2D eigenvalue weighted by molar-refractivity contribution is 5.39. The number of pyridine rings is 1. The van der Waals surface area contributed by atoms with Gasteiger partial charge in [0, 0.05) is 6.07 Å². The molecule has 0 spiro atoms. The van der Waals surface area contributed by atoms with E-state index >= 15 is 0 Å². The summed E-state index contributed by atoms with van der Waals surface area (Å²) in [5.41, 5.74) is -0.480. The first-order chi connectivity index (χ1) is 6.96. The summed E-state index contributed by atoms with van der Waals surface area (Å²) in [6, 6.07) is 3.62. The van der Waals surface area contributed by atoms with Crippen LogP contribution in [0.3, 0.4) is 0 Å². The summed E-state index contributed by atoms with van der Waals surface area (Å²) in [5.74, 6) is -0.605. The summed E-state index contributed by atoms with van der Waals surface area (Å²) in [4.78, 5) is 3.49. The van der Waals surface area contributed by atoms with Crippen molar-refractivity contribution in [1.82, 2.24) is 4.98 Å². The van der Waals surface area contributed by atoms with Gasteiger partial charge in [0.1, 0.15) is 6.07 Å². The Balaban J connectivity index is 3.04. The van der Waals surface area contributed by atoms with Crippen LogP contribution >= 0.6 is 0 Å². The zero-order chi connectivity index (χ0) is 11.5. The minimum absolute atomic E-state index is 0.0427.